The van der Waals surface area contributed by atoms with E-state index in [1.54, 1.807) is 0 Å². The minimum Gasteiger partial charge on any atom is -0.495 e. The van der Waals surface area contributed by atoms with Crippen molar-refractivity contribution >= 4 is 15.9 Å². The molecule has 0 bridgehead atoms. The Bertz CT molecular complexity index is 689. The number of nitrogens with one attached hydrogen (secondary N) is 1. The number of nitrogens with two attached hydrogens (primary N) is 2. The van der Waals surface area contributed by atoms with Crippen molar-refractivity contribution in [1.29, 1.82) is 0 Å². The molecule has 0 radical (unpaired) electrons. The highest BCUT2D eigenvalue weighted by molar-refractivity contribution is 7.89. The maximum absolute atomic E-state index is 12.1. The Hall–Kier alpha value is -2.08. The Kier molecular flexibility index (Phi) is 5.72. The maximum atomic E-state index is 12.1. The maximum Gasteiger partial charge on any atom is 0.241 e. The van der Waals surface area contributed by atoms with Crippen LogP contribution < -0.4 is 20.9 Å². The molecule has 8 heteroatoms. The van der Waals surface area contributed by atoms with Gasteiger partial charge in [-0.25, -0.2) is 8.42 Å². The lowest BCUT2D eigenvalue weighted by molar-refractivity contribution is -0.119. The minimum atomic E-state index is -3.88. The average Bonchev–Trinajstić information content (AvgIpc) is 2.44. The SMILES string of the molecule is COc1ccc(S(=O)(=O)NC(C)C(N)=O)cc1C#CCN. The van der Waals surface area contributed by atoms with Gasteiger partial charge in [0.05, 0.1) is 30.2 Å². The zero-order valence-electron chi connectivity index (χ0n) is 11.7. The molecule has 0 heterocycles. The van der Waals surface area contributed by atoms with Crippen LogP contribution in [0.4, 0.5) is 0 Å². The van der Waals surface area contributed by atoms with Gasteiger partial charge in [0.2, 0.25) is 15.9 Å². The summed E-state index contributed by atoms with van der Waals surface area (Å²) >= 11 is 0. The summed E-state index contributed by atoms with van der Waals surface area (Å²) in [5.74, 6) is 5.01. The van der Waals surface area contributed by atoms with Crippen LogP contribution in [0.25, 0.3) is 0 Å². The summed E-state index contributed by atoms with van der Waals surface area (Å²) in [6.45, 7) is 1.50. The van der Waals surface area contributed by atoms with Gasteiger partial charge in [-0.2, -0.15) is 4.72 Å². The van der Waals surface area contributed by atoms with Crippen molar-refractivity contribution < 1.29 is 17.9 Å². The van der Waals surface area contributed by atoms with E-state index in [0.717, 1.165) is 0 Å². The second-order valence-corrected chi connectivity index (χ2v) is 5.83. The zero-order chi connectivity index (χ0) is 16.0. The topological polar surface area (TPSA) is 125 Å². The molecule has 21 heavy (non-hydrogen) atoms. The molecular formula is C13H17N3O4S. The highest BCUT2D eigenvalue weighted by Gasteiger charge is 2.21. The molecular weight excluding hydrogens is 294 g/mol. The zero-order valence-corrected chi connectivity index (χ0v) is 12.5. The van der Waals surface area contributed by atoms with Crippen LogP contribution >= 0.6 is 0 Å². The van der Waals surface area contributed by atoms with Gasteiger partial charge >= 0.3 is 0 Å². The summed E-state index contributed by atoms with van der Waals surface area (Å²) in [5.41, 5.74) is 10.7. The number of benzene rings is 1. The fourth-order valence-corrected chi connectivity index (χ4v) is 2.69. The largest absolute Gasteiger partial charge is 0.495 e. The molecule has 114 valence electrons. The van der Waals surface area contributed by atoms with Crippen molar-refractivity contribution in [2.45, 2.75) is 17.9 Å². The Morgan fingerprint density at radius 2 is 2.14 bits per heavy atom. The van der Waals surface area contributed by atoms with Crippen LogP contribution in [0.3, 0.4) is 0 Å². The van der Waals surface area contributed by atoms with E-state index in [1.165, 1.54) is 32.2 Å². The number of methoxy groups -OCH3 is 1. The molecule has 1 aromatic rings. The quantitative estimate of drug-likeness (QED) is 0.611. The molecule has 0 spiro atoms. The molecule has 5 N–H and O–H groups in total. The van der Waals surface area contributed by atoms with Gasteiger partial charge in [0.25, 0.3) is 0 Å². The standard InChI is InChI=1S/C13H17N3O4S/c1-9(13(15)17)16-21(18,19)11-5-6-12(20-2)10(8-11)4-3-7-14/h5-6,8-9,16H,7,14H2,1-2H3,(H2,15,17). The van der Waals surface area contributed by atoms with Crippen LogP contribution in [0.15, 0.2) is 23.1 Å². The van der Waals surface area contributed by atoms with Crippen LogP contribution in [0.2, 0.25) is 0 Å². The number of carbonyl (C=O) groups is 1. The van der Waals surface area contributed by atoms with E-state index in [1.807, 2.05) is 0 Å². The van der Waals surface area contributed by atoms with Crippen molar-refractivity contribution in [2.75, 3.05) is 13.7 Å². The van der Waals surface area contributed by atoms with Gasteiger partial charge in [0.15, 0.2) is 0 Å². The van der Waals surface area contributed by atoms with Gasteiger partial charge in [-0.05, 0) is 25.1 Å². The number of hydrogen-bond acceptors (Lipinski definition) is 5. The fourth-order valence-electron chi connectivity index (χ4n) is 1.46. The molecule has 1 atom stereocenters. The van der Waals surface area contributed by atoms with E-state index < -0.39 is 22.0 Å². The van der Waals surface area contributed by atoms with E-state index in [9.17, 15) is 13.2 Å². The van der Waals surface area contributed by atoms with Crippen LogP contribution in [0.5, 0.6) is 5.75 Å². The van der Waals surface area contributed by atoms with Gasteiger partial charge in [0.1, 0.15) is 5.75 Å². The molecule has 0 aromatic heterocycles. The second kappa shape index (κ2) is 7.08. The van der Waals surface area contributed by atoms with Crippen molar-refractivity contribution in [1.82, 2.24) is 4.72 Å². The molecule has 1 aromatic carbocycles. The number of carbonyl (C=O) groups excluding carboxylic acids is 1. The lowest BCUT2D eigenvalue weighted by atomic mass is 10.2. The number of rotatable bonds is 5. The van der Waals surface area contributed by atoms with Gasteiger partial charge < -0.3 is 16.2 Å². The third kappa shape index (κ3) is 4.46. The third-order valence-corrected chi connectivity index (χ3v) is 4.10. The second-order valence-electron chi connectivity index (χ2n) is 4.11. The van der Waals surface area contributed by atoms with E-state index in [0.29, 0.717) is 11.3 Å². The van der Waals surface area contributed by atoms with Crippen molar-refractivity contribution in [3.05, 3.63) is 23.8 Å². The molecule has 1 rings (SSSR count). The van der Waals surface area contributed by atoms with Crippen LogP contribution in [-0.4, -0.2) is 34.0 Å². The number of ether oxygens (including phenoxy) is 1. The Morgan fingerprint density at radius 1 is 1.48 bits per heavy atom. The molecule has 0 saturated carbocycles. The van der Waals surface area contributed by atoms with Crippen LogP contribution in [-0.2, 0) is 14.8 Å². The lowest BCUT2D eigenvalue weighted by Crippen LogP contribution is -2.42. The highest BCUT2D eigenvalue weighted by atomic mass is 32.2. The van der Waals surface area contributed by atoms with Crippen LogP contribution in [0.1, 0.15) is 12.5 Å². The number of sulfonamides is 1. The van der Waals surface area contributed by atoms with Crippen molar-refractivity contribution in [3.8, 4) is 17.6 Å². The molecule has 0 fully saturated rings. The first kappa shape index (κ1) is 17.0. The van der Waals surface area contributed by atoms with E-state index >= 15 is 0 Å². The number of hydrogen-bond donors (Lipinski definition) is 3. The predicted octanol–water partition coefficient (Wildman–Crippen LogP) is -0.842. The van der Waals surface area contributed by atoms with Crippen molar-refractivity contribution in [3.63, 3.8) is 0 Å². The first-order chi connectivity index (χ1) is 9.81. The Balaban J connectivity index is 3.22. The lowest BCUT2D eigenvalue weighted by Gasteiger charge is -2.12. The average molecular weight is 311 g/mol. The third-order valence-electron chi connectivity index (χ3n) is 2.57. The first-order valence-corrected chi connectivity index (χ1v) is 7.48. The van der Waals surface area contributed by atoms with Gasteiger partial charge in [-0.3, -0.25) is 4.79 Å². The molecule has 1 unspecified atom stereocenters. The van der Waals surface area contributed by atoms with Gasteiger partial charge in [-0.1, -0.05) is 11.8 Å². The molecule has 0 aliphatic carbocycles. The summed E-state index contributed by atoms with van der Waals surface area (Å²) < 4.78 is 31.6. The fraction of sp³-hybridized carbons (Fsp3) is 0.308. The first-order valence-electron chi connectivity index (χ1n) is 6.00. The summed E-state index contributed by atoms with van der Waals surface area (Å²) in [6.07, 6.45) is 0. The molecule has 1 amide bonds. The molecule has 0 aliphatic heterocycles. The molecule has 7 nitrogen and oxygen atoms in total. The van der Waals surface area contributed by atoms with Crippen LogP contribution in [0, 0.1) is 11.8 Å². The number of primary amides is 1. The summed E-state index contributed by atoms with van der Waals surface area (Å²) in [5, 5.41) is 0. The monoisotopic (exact) mass is 311 g/mol. The summed E-state index contributed by atoms with van der Waals surface area (Å²) in [7, 11) is -2.43. The van der Waals surface area contributed by atoms with E-state index in [2.05, 4.69) is 16.6 Å². The summed E-state index contributed by atoms with van der Waals surface area (Å²) in [4.78, 5) is 10.9. The molecule has 0 aliphatic rings. The minimum absolute atomic E-state index is 0.0438. The van der Waals surface area contributed by atoms with Crippen molar-refractivity contribution in [2.24, 2.45) is 11.5 Å². The normalized spacial score (nSPS) is 12.1. The smallest absolute Gasteiger partial charge is 0.241 e. The summed E-state index contributed by atoms with van der Waals surface area (Å²) in [6, 6.07) is 3.15. The Labute approximate surface area is 123 Å². The predicted molar refractivity (Wildman–Crippen MR) is 77.9 cm³/mol. The van der Waals surface area contributed by atoms with E-state index in [4.69, 9.17) is 16.2 Å². The highest BCUT2D eigenvalue weighted by Crippen LogP contribution is 2.21. The van der Waals surface area contributed by atoms with Gasteiger partial charge in [0, 0.05) is 0 Å². The Morgan fingerprint density at radius 3 is 2.67 bits per heavy atom. The van der Waals surface area contributed by atoms with E-state index in [-0.39, 0.29) is 11.4 Å². The number of amides is 1. The van der Waals surface area contributed by atoms with Gasteiger partial charge in [-0.15, -0.1) is 0 Å². The molecule has 0 saturated heterocycles.